The molecule has 0 spiro atoms. The summed E-state index contributed by atoms with van der Waals surface area (Å²) in [7, 11) is 0. The van der Waals surface area contributed by atoms with E-state index in [9.17, 15) is 4.79 Å². The summed E-state index contributed by atoms with van der Waals surface area (Å²) in [6.45, 7) is 4.22. The maximum Gasteiger partial charge on any atom is 0.311 e. The molecule has 0 aromatic carbocycles. The summed E-state index contributed by atoms with van der Waals surface area (Å²) >= 11 is 0. The molecule has 1 aliphatic rings. The van der Waals surface area contributed by atoms with Crippen LogP contribution in [0.1, 0.15) is 39.5 Å². The third-order valence-electron chi connectivity index (χ3n) is 3.01. The summed E-state index contributed by atoms with van der Waals surface area (Å²) in [5.74, 6) is -0.0940. The van der Waals surface area contributed by atoms with Gasteiger partial charge in [0.25, 0.3) is 0 Å². The predicted octanol–water partition coefficient (Wildman–Crippen LogP) is 2.53. The van der Waals surface area contributed by atoms with Gasteiger partial charge in [-0.2, -0.15) is 5.11 Å². The molecule has 0 aromatic rings. The third kappa shape index (κ3) is 2.30. The second kappa shape index (κ2) is 4.53. The van der Waals surface area contributed by atoms with Gasteiger partial charge in [-0.3, -0.25) is 4.79 Å². The van der Waals surface area contributed by atoms with E-state index in [-0.39, 0.29) is 17.4 Å². The molecule has 1 rings (SSSR count). The highest BCUT2D eigenvalue weighted by atomic mass is 16.5. The van der Waals surface area contributed by atoms with E-state index in [2.05, 4.69) is 5.11 Å². The normalized spacial score (nSPS) is 32.3. The van der Waals surface area contributed by atoms with Crippen LogP contribution in [0, 0.1) is 10.9 Å². The van der Waals surface area contributed by atoms with Crippen molar-refractivity contribution in [2.75, 3.05) is 6.61 Å². The first-order chi connectivity index (χ1) is 6.62. The van der Waals surface area contributed by atoms with Crippen molar-refractivity contribution >= 4 is 5.97 Å². The maximum atomic E-state index is 11.6. The van der Waals surface area contributed by atoms with Gasteiger partial charge in [-0.1, -0.05) is 0 Å². The number of rotatable bonds is 3. The number of carbonyl (C=O) groups is 1. The molecule has 4 heteroatoms. The zero-order valence-corrected chi connectivity index (χ0v) is 8.88. The van der Waals surface area contributed by atoms with Crippen molar-refractivity contribution in [3.63, 3.8) is 0 Å². The molecule has 1 N–H and O–H groups in total. The van der Waals surface area contributed by atoms with E-state index in [0.29, 0.717) is 6.61 Å². The highest BCUT2D eigenvalue weighted by Gasteiger charge is 2.38. The van der Waals surface area contributed by atoms with Gasteiger partial charge < -0.3 is 4.74 Å². The number of ether oxygens (including phenoxy) is 1. The van der Waals surface area contributed by atoms with Crippen molar-refractivity contribution in [3.05, 3.63) is 0 Å². The van der Waals surface area contributed by atoms with Gasteiger partial charge in [0.15, 0.2) is 0 Å². The van der Waals surface area contributed by atoms with E-state index < -0.39 is 0 Å². The Kier molecular flexibility index (Phi) is 3.61. The summed E-state index contributed by atoms with van der Waals surface area (Å²) in [4.78, 5) is 11.6. The Morgan fingerprint density at radius 1 is 1.57 bits per heavy atom. The first-order valence-corrected chi connectivity index (χ1v) is 5.16. The quantitative estimate of drug-likeness (QED) is 0.559. The van der Waals surface area contributed by atoms with E-state index in [1.54, 1.807) is 0 Å². The third-order valence-corrected chi connectivity index (χ3v) is 3.01. The van der Waals surface area contributed by atoms with Crippen molar-refractivity contribution in [1.29, 1.82) is 5.53 Å². The van der Waals surface area contributed by atoms with Crippen LogP contribution in [0.15, 0.2) is 5.11 Å². The Morgan fingerprint density at radius 3 is 2.57 bits per heavy atom. The fourth-order valence-electron chi connectivity index (χ4n) is 1.88. The summed E-state index contributed by atoms with van der Waals surface area (Å²) in [5.41, 5.74) is 6.59. The molecule has 1 saturated carbocycles. The van der Waals surface area contributed by atoms with Crippen LogP contribution in [0.4, 0.5) is 0 Å². The summed E-state index contributed by atoms with van der Waals surface area (Å²) in [6.07, 6.45) is 3.25. The molecule has 0 saturated heterocycles. The van der Waals surface area contributed by atoms with Crippen LogP contribution < -0.4 is 0 Å². The van der Waals surface area contributed by atoms with Gasteiger partial charge in [-0.25, -0.2) is 5.53 Å². The van der Waals surface area contributed by atoms with E-state index in [0.717, 1.165) is 25.7 Å². The van der Waals surface area contributed by atoms with Crippen LogP contribution in [0.3, 0.4) is 0 Å². The zero-order chi connectivity index (χ0) is 10.6. The second-order valence-electron chi connectivity index (χ2n) is 4.14. The Morgan fingerprint density at radius 2 is 2.14 bits per heavy atom. The van der Waals surface area contributed by atoms with Gasteiger partial charge in [0.05, 0.1) is 18.1 Å². The highest BCUT2D eigenvalue weighted by Crippen LogP contribution is 2.37. The minimum atomic E-state index is -0.336. The molecule has 0 radical (unpaired) electrons. The van der Waals surface area contributed by atoms with E-state index >= 15 is 0 Å². The number of hydrogen-bond donors (Lipinski definition) is 1. The Hall–Kier alpha value is -0.930. The Labute approximate surface area is 84.5 Å². The predicted molar refractivity (Wildman–Crippen MR) is 52.1 cm³/mol. The van der Waals surface area contributed by atoms with Crippen LogP contribution in [0.2, 0.25) is 0 Å². The van der Waals surface area contributed by atoms with Crippen molar-refractivity contribution in [1.82, 2.24) is 0 Å². The molecule has 1 fully saturated rings. The minimum Gasteiger partial charge on any atom is -0.466 e. The van der Waals surface area contributed by atoms with Crippen LogP contribution in [-0.2, 0) is 9.53 Å². The first-order valence-electron chi connectivity index (χ1n) is 5.16. The molecule has 0 aliphatic heterocycles. The molecule has 0 aromatic heterocycles. The molecule has 0 atom stereocenters. The van der Waals surface area contributed by atoms with Crippen molar-refractivity contribution in [2.24, 2.45) is 10.5 Å². The average Bonchev–Trinajstić information content (AvgIpc) is 2.19. The molecule has 0 unspecified atom stereocenters. The first kappa shape index (κ1) is 11.1. The second-order valence-corrected chi connectivity index (χ2v) is 4.14. The number of nitrogens with zero attached hydrogens (tertiary/aromatic N) is 1. The topological polar surface area (TPSA) is 62.5 Å². The lowest BCUT2D eigenvalue weighted by atomic mass is 9.74. The molecule has 80 valence electrons. The SMILES string of the molecule is CCOC(=O)C1(C)CCC(N=N)CC1. The standard InChI is InChI=1S/C10H18N2O2/c1-3-14-9(13)10(2)6-4-8(12-11)5-7-10/h8,11H,3-7H2,1-2H3. The highest BCUT2D eigenvalue weighted by molar-refractivity contribution is 5.76. The van der Waals surface area contributed by atoms with Crippen LogP contribution in [0.5, 0.6) is 0 Å². The van der Waals surface area contributed by atoms with Crippen LogP contribution in [0.25, 0.3) is 0 Å². The molecule has 14 heavy (non-hydrogen) atoms. The van der Waals surface area contributed by atoms with Gasteiger partial charge in [0.1, 0.15) is 0 Å². The minimum absolute atomic E-state index is 0.0940. The smallest absolute Gasteiger partial charge is 0.311 e. The number of esters is 1. The van der Waals surface area contributed by atoms with Gasteiger partial charge in [-0.05, 0) is 39.5 Å². The average molecular weight is 198 g/mol. The Bertz CT molecular complexity index is 220. The Balaban J connectivity index is 2.52. The fourth-order valence-corrected chi connectivity index (χ4v) is 1.88. The van der Waals surface area contributed by atoms with Crippen molar-refractivity contribution < 1.29 is 9.53 Å². The van der Waals surface area contributed by atoms with Gasteiger partial charge in [0, 0.05) is 0 Å². The van der Waals surface area contributed by atoms with Crippen LogP contribution in [-0.4, -0.2) is 18.6 Å². The van der Waals surface area contributed by atoms with Gasteiger partial charge in [-0.15, -0.1) is 0 Å². The number of hydrogen-bond acceptors (Lipinski definition) is 4. The largest absolute Gasteiger partial charge is 0.466 e. The van der Waals surface area contributed by atoms with Gasteiger partial charge in [0.2, 0.25) is 0 Å². The molecule has 0 heterocycles. The molecular weight excluding hydrogens is 180 g/mol. The summed E-state index contributed by atoms with van der Waals surface area (Å²) in [5, 5.41) is 3.52. The van der Waals surface area contributed by atoms with Crippen LogP contribution >= 0.6 is 0 Å². The summed E-state index contributed by atoms with van der Waals surface area (Å²) < 4.78 is 5.04. The van der Waals surface area contributed by atoms with E-state index in [1.165, 1.54) is 0 Å². The van der Waals surface area contributed by atoms with E-state index in [1.807, 2.05) is 13.8 Å². The van der Waals surface area contributed by atoms with E-state index in [4.69, 9.17) is 10.3 Å². The van der Waals surface area contributed by atoms with Crippen molar-refractivity contribution in [2.45, 2.75) is 45.6 Å². The number of carbonyl (C=O) groups excluding carboxylic acids is 1. The lowest BCUT2D eigenvalue weighted by Crippen LogP contribution is -2.35. The molecule has 4 nitrogen and oxygen atoms in total. The summed E-state index contributed by atoms with van der Waals surface area (Å²) in [6, 6.07) is 0.123. The lowest BCUT2D eigenvalue weighted by molar-refractivity contribution is -0.156. The van der Waals surface area contributed by atoms with Gasteiger partial charge >= 0.3 is 5.97 Å². The maximum absolute atomic E-state index is 11.6. The van der Waals surface area contributed by atoms with Crippen molar-refractivity contribution in [3.8, 4) is 0 Å². The molecule has 0 amide bonds. The monoisotopic (exact) mass is 198 g/mol. The molecular formula is C10H18N2O2. The zero-order valence-electron chi connectivity index (χ0n) is 8.88. The fraction of sp³-hybridized carbons (Fsp3) is 0.900. The molecule has 1 aliphatic carbocycles. The lowest BCUT2D eigenvalue weighted by Gasteiger charge is -2.33. The molecule has 0 bridgehead atoms. The number of nitrogens with one attached hydrogen (secondary N) is 1.